The average Bonchev–Trinajstić information content (AvgIpc) is 2.99. The molecule has 1 saturated heterocycles. The van der Waals surface area contributed by atoms with Crippen LogP contribution >= 0.6 is 11.3 Å². The van der Waals surface area contributed by atoms with Gasteiger partial charge in [-0.25, -0.2) is 0 Å². The first-order chi connectivity index (χ1) is 12.6. The molecular formula is C20H29N3O2S. The van der Waals surface area contributed by atoms with Crippen LogP contribution in [0.5, 0.6) is 0 Å². The smallest absolute Gasteiger partial charge is 0.251 e. The molecule has 0 spiro atoms. The number of fused-ring (bicyclic) bond motifs is 2. The number of hydrogen-bond donors (Lipinski definition) is 2. The standard InChI is InChI=1S/C20H29N3O2S/c21-19(25)18-14-8-2-4-10-16(14)26-20(18)22-17(24)12-23-11-5-7-13-6-1-3-9-15(13)23/h13,15H,1-12H2,(H2,21,25)(H,22,24)/t13-,15-/m0/s1. The molecule has 26 heavy (non-hydrogen) atoms. The highest BCUT2D eigenvalue weighted by atomic mass is 32.1. The van der Waals surface area contributed by atoms with Crippen LogP contribution in [0, 0.1) is 5.92 Å². The minimum absolute atomic E-state index is 0.00248. The van der Waals surface area contributed by atoms with Crippen LogP contribution in [0.25, 0.3) is 0 Å². The van der Waals surface area contributed by atoms with Crippen LogP contribution < -0.4 is 11.1 Å². The number of carbonyl (C=O) groups is 2. The molecule has 1 aromatic rings. The number of primary amides is 1. The van der Waals surface area contributed by atoms with Crippen LogP contribution in [0.4, 0.5) is 5.00 Å². The minimum Gasteiger partial charge on any atom is -0.365 e. The van der Waals surface area contributed by atoms with E-state index in [0.29, 0.717) is 23.2 Å². The summed E-state index contributed by atoms with van der Waals surface area (Å²) >= 11 is 1.55. The molecule has 3 N–H and O–H groups in total. The molecule has 3 aliphatic rings. The number of rotatable bonds is 4. The molecule has 0 radical (unpaired) electrons. The summed E-state index contributed by atoms with van der Waals surface area (Å²) < 4.78 is 0. The number of likely N-dealkylation sites (tertiary alicyclic amines) is 1. The van der Waals surface area contributed by atoms with Crippen molar-refractivity contribution in [2.45, 2.75) is 70.3 Å². The van der Waals surface area contributed by atoms with Crippen LogP contribution in [0.2, 0.25) is 0 Å². The quantitative estimate of drug-likeness (QED) is 0.848. The van der Waals surface area contributed by atoms with Crippen LogP contribution in [0.3, 0.4) is 0 Å². The molecule has 2 aliphatic carbocycles. The summed E-state index contributed by atoms with van der Waals surface area (Å²) in [6.45, 7) is 1.44. The van der Waals surface area contributed by atoms with Crippen molar-refractivity contribution in [2.24, 2.45) is 11.7 Å². The Morgan fingerprint density at radius 1 is 1.08 bits per heavy atom. The SMILES string of the molecule is NC(=O)c1c(NC(=O)CN2CCC[C@@H]3CCCC[C@@H]32)sc2c1CCCC2. The summed E-state index contributed by atoms with van der Waals surface area (Å²) in [7, 11) is 0. The molecule has 5 nitrogen and oxygen atoms in total. The molecule has 2 heterocycles. The summed E-state index contributed by atoms with van der Waals surface area (Å²) in [5.74, 6) is 0.350. The van der Waals surface area contributed by atoms with Crippen LogP contribution in [-0.2, 0) is 17.6 Å². The van der Waals surface area contributed by atoms with Gasteiger partial charge in [0.05, 0.1) is 12.1 Å². The van der Waals surface area contributed by atoms with Crippen LogP contribution in [-0.4, -0.2) is 35.8 Å². The average molecular weight is 376 g/mol. The lowest BCUT2D eigenvalue weighted by atomic mass is 9.78. The molecule has 2 atom stereocenters. The molecule has 1 aromatic heterocycles. The van der Waals surface area contributed by atoms with E-state index in [1.54, 1.807) is 11.3 Å². The Balaban J connectivity index is 1.46. The third kappa shape index (κ3) is 3.54. The monoisotopic (exact) mass is 375 g/mol. The Kier molecular flexibility index (Phi) is 5.32. The molecule has 1 aliphatic heterocycles. The first kappa shape index (κ1) is 18.0. The van der Waals surface area contributed by atoms with Crippen molar-refractivity contribution in [1.29, 1.82) is 0 Å². The number of thiophene rings is 1. The Morgan fingerprint density at radius 3 is 2.69 bits per heavy atom. The third-order valence-corrected chi connectivity index (χ3v) is 7.58. The Morgan fingerprint density at radius 2 is 1.85 bits per heavy atom. The Bertz CT molecular complexity index is 697. The van der Waals surface area contributed by atoms with Crippen molar-refractivity contribution in [2.75, 3.05) is 18.4 Å². The normalized spacial score (nSPS) is 26.0. The van der Waals surface area contributed by atoms with Gasteiger partial charge in [0.2, 0.25) is 5.91 Å². The number of aryl methyl sites for hydroxylation is 1. The fourth-order valence-corrected chi connectivity index (χ4v) is 6.50. The van der Waals surface area contributed by atoms with E-state index in [-0.39, 0.29) is 5.91 Å². The summed E-state index contributed by atoms with van der Waals surface area (Å²) in [5.41, 5.74) is 7.28. The van der Waals surface area contributed by atoms with Crippen LogP contribution in [0.15, 0.2) is 0 Å². The van der Waals surface area contributed by atoms with Gasteiger partial charge in [0, 0.05) is 10.9 Å². The van der Waals surface area contributed by atoms with Gasteiger partial charge in [0.25, 0.3) is 5.91 Å². The lowest BCUT2D eigenvalue weighted by molar-refractivity contribution is -0.118. The molecular weight excluding hydrogens is 346 g/mol. The third-order valence-electron chi connectivity index (χ3n) is 6.38. The number of carbonyl (C=O) groups excluding carboxylic acids is 2. The van der Waals surface area contributed by atoms with Crippen molar-refractivity contribution in [3.05, 3.63) is 16.0 Å². The maximum absolute atomic E-state index is 12.7. The number of piperidine rings is 1. The van der Waals surface area contributed by atoms with E-state index in [0.717, 1.165) is 43.7 Å². The maximum Gasteiger partial charge on any atom is 0.251 e. The van der Waals surface area contributed by atoms with Gasteiger partial charge in [-0.05, 0) is 69.4 Å². The molecule has 0 unspecified atom stereocenters. The van der Waals surface area contributed by atoms with E-state index in [1.165, 1.54) is 43.4 Å². The Labute approximate surface area is 159 Å². The fourth-order valence-electron chi connectivity index (χ4n) is 5.19. The van der Waals surface area contributed by atoms with Crippen LogP contribution in [0.1, 0.15) is 72.2 Å². The highest BCUT2D eigenvalue weighted by molar-refractivity contribution is 7.17. The van der Waals surface area contributed by atoms with E-state index in [1.807, 2.05) is 0 Å². The lowest BCUT2D eigenvalue weighted by Gasteiger charge is -2.43. The maximum atomic E-state index is 12.7. The number of amides is 2. The van der Waals surface area contributed by atoms with Gasteiger partial charge < -0.3 is 11.1 Å². The summed E-state index contributed by atoms with van der Waals surface area (Å²) in [6.07, 6.45) is 11.8. The number of nitrogens with one attached hydrogen (secondary N) is 1. The molecule has 0 bridgehead atoms. The van der Waals surface area contributed by atoms with Crippen molar-refractivity contribution >= 4 is 28.2 Å². The van der Waals surface area contributed by atoms with Crippen molar-refractivity contribution < 1.29 is 9.59 Å². The first-order valence-electron chi connectivity index (χ1n) is 10.1. The topological polar surface area (TPSA) is 75.4 Å². The molecule has 2 amide bonds. The number of hydrogen-bond acceptors (Lipinski definition) is 4. The molecule has 2 fully saturated rings. The lowest BCUT2D eigenvalue weighted by Crippen LogP contribution is -2.49. The van der Waals surface area contributed by atoms with E-state index in [4.69, 9.17) is 5.73 Å². The molecule has 0 aromatic carbocycles. The minimum atomic E-state index is -0.412. The van der Waals surface area contributed by atoms with Gasteiger partial charge in [-0.1, -0.05) is 12.8 Å². The van der Waals surface area contributed by atoms with Gasteiger partial charge in [0.1, 0.15) is 5.00 Å². The highest BCUT2D eigenvalue weighted by Crippen LogP contribution is 2.38. The number of nitrogens with zero attached hydrogens (tertiary/aromatic N) is 1. The summed E-state index contributed by atoms with van der Waals surface area (Å²) in [6, 6.07) is 0.565. The van der Waals surface area contributed by atoms with Gasteiger partial charge in [-0.15, -0.1) is 11.3 Å². The predicted molar refractivity (Wildman–Crippen MR) is 105 cm³/mol. The number of nitrogens with two attached hydrogens (primary N) is 1. The predicted octanol–water partition coefficient (Wildman–Crippen LogP) is 3.32. The molecule has 4 rings (SSSR count). The summed E-state index contributed by atoms with van der Waals surface area (Å²) in [4.78, 5) is 28.3. The second-order valence-corrected chi connectivity index (χ2v) is 9.16. The molecule has 1 saturated carbocycles. The largest absolute Gasteiger partial charge is 0.365 e. The second-order valence-electron chi connectivity index (χ2n) is 8.05. The molecule has 6 heteroatoms. The molecule has 142 valence electrons. The highest BCUT2D eigenvalue weighted by Gasteiger charge is 2.34. The van der Waals surface area contributed by atoms with Gasteiger partial charge >= 0.3 is 0 Å². The van der Waals surface area contributed by atoms with E-state index in [9.17, 15) is 9.59 Å². The van der Waals surface area contributed by atoms with Gasteiger partial charge in [-0.3, -0.25) is 14.5 Å². The van der Waals surface area contributed by atoms with E-state index < -0.39 is 5.91 Å². The zero-order valence-electron chi connectivity index (χ0n) is 15.4. The van der Waals surface area contributed by atoms with Gasteiger partial charge in [0.15, 0.2) is 0 Å². The van der Waals surface area contributed by atoms with E-state index in [2.05, 4.69) is 10.2 Å². The van der Waals surface area contributed by atoms with Crippen molar-refractivity contribution in [3.8, 4) is 0 Å². The first-order valence-corrected chi connectivity index (χ1v) is 10.9. The zero-order valence-corrected chi connectivity index (χ0v) is 16.2. The zero-order chi connectivity index (χ0) is 18.1. The van der Waals surface area contributed by atoms with Crippen molar-refractivity contribution in [3.63, 3.8) is 0 Å². The summed E-state index contributed by atoms with van der Waals surface area (Å²) in [5, 5.41) is 3.70. The fraction of sp³-hybridized carbons (Fsp3) is 0.700. The van der Waals surface area contributed by atoms with E-state index >= 15 is 0 Å². The van der Waals surface area contributed by atoms with Gasteiger partial charge in [-0.2, -0.15) is 0 Å². The number of anilines is 1. The Hall–Kier alpha value is -1.40. The second kappa shape index (κ2) is 7.69. The van der Waals surface area contributed by atoms with Crippen molar-refractivity contribution in [1.82, 2.24) is 4.90 Å².